The molecule has 0 aliphatic carbocycles. The second kappa shape index (κ2) is 8.13. The van der Waals surface area contributed by atoms with E-state index in [-0.39, 0.29) is 12.0 Å². The second-order valence-electron chi connectivity index (χ2n) is 7.68. The van der Waals surface area contributed by atoms with Gasteiger partial charge >= 0.3 is 0 Å². The maximum absolute atomic E-state index is 12.0. The minimum atomic E-state index is -0.243. The first-order chi connectivity index (χ1) is 11.6. The van der Waals surface area contributed by atoms with E-state index in [1.807, 2.05) is 0 Å². The van der Waals surface area contributed by atoms with Crippen molar-refractivity contribution in [2.75, 3.05) is 19.7 Å². The number of piperidine rings is 1. The number of carbonyl (C=O) groups excluding carboxylic acids is 1. The topological polar surface area (TPSA) is 41.6 Å². The number of benzene rings is 1. The van der Waals surface area contributed by atoms with Crippen molar-refractivity contribution in [2.45, 2.75) is 52.3 Å². The molecule has 1 amide bonds. The lowest BCUT2D eigenvalue weighted by molar-refractivity contribution is -0.130. The molecule has 4 nitrogen and oxygen atoms in total. The monoisotopic (exact) mass is 330 g/mol. The molecule has 2 heterocycles. The lowest BCUT2D eigenvalue weighted by Gasteiger charge is -2.35. The van der Waals surface area contributed by atoms with Crippen molar-refractivity contribution in [3.8, 4) is 0 Å². The third-order valence-electron chi connectivity index (χ3n) is 5.06. The summed E-state index contributed by atoms with van der Waals surface area (Å²) < 4.78 is 5.41. The van der Waals surface area contributed by atoms with Gasteiger partial charge in [0.15, 0.2) is 0 Å². The van der Waals surface area contributed by atoms with Gasteiger partial charge in [0.2, 0.25) is 5.91 Å². The van der Waals surface area contributed by atoms with Gasteiger partial charge < -0.3 is 10.1 Å². The van der Waals surface area contributed by atoms with Crippen molar-refractivity contribution in [1.82, 2.24) is 10.2 Å². The van der Waals surface area contributed by atoms with Crippen molar-refractivity contribution >= 4 is 5.91 Å². The highest BCUT2D eigenvalue weighted by atomic mass is 16.5. The third kappa shape index (κ3) is 4.81. The smallest absolute Gasteiger partial charge is 0.249 e. The van der Waals surface area contributed by atoms with Crippen LogP contribution in [0.15, 0.2) is 24.3 Å². The van der Waals surface area contributed by atoms with Crippen molar-refractivity contribution in [2.24, 2.45) is 11.8 Å². The summed E-state index contributed by atoms with van der Waals surface area (Å²) in [4.78, 5) is 14.5. The summed E-state index contributed by atoms with van der Waals surface area (Å²) in [7, 11) is 0. The Morgan fingerprint density at radius 1 is 1.17 bits per heavy atom. The van der Waals surface area contributed by atoms with Gasteiger partial charge in [-0.25, -0.2) is 0 Å². The van der Waals surface area contributed by atoms with Gasteiger partial charge in [-0.3, -0.25) is 9.69 Å². The molecule has 24 heavy (non-hydrogen) atoms. The maximum atomic E-state index is 12.0. The van der Waals surface area contributed by atoms with Crippen molar-refractivity contribution in [3.63, 3.8) is 0 Å². The fourth-order valence-corrected chi connectivity index (χ4v) is 4.03. The van der Waals surface area contributed by atoms with Gasteiger partial charge in [0, 0.05) is 32.8 Å². The number of hydrogen-bond acceptors (Lipinski definition) is 3. The Morgan fingerprint density at radius 2 is 1.83 bits per heavy atom. The van der Waals surface area contributed by atoms with Crippen LogP contribution in [0.25, 0.3) is 0 Å². The molecule has 0 unspecified atom stereocenters. The summed E-state index contributed by atoms with van der Waals surface area (Å²) in [5.41, 5.74) is 2.50. The van der Waals surface area contributed by atoms with E-state index in [1.165, 1.54) is 25.1 Å². The molecule has 2 saturated heterocycles. The van der Waals surface area contributed by atoms with E-state index in [0.29, 0.717) is 13.2 Å². The Bertz CT molecular complexity index is 527. The Kier molecular flexibility index (Phi) is 5.90. The molecule has 2 aliphatic heterocycles. The molecular weight excluding hydrogens is 300 g/mol. The average molecular weight is 330 g/mol. The van der Waals surface area contributed by atoms with E-state index in [0.717, 1.165) is 36.8 Å². The number of nitrogens with zero attached hydrogens (tertiary/aromatic N) is 1. The first-order valence-corrected chi connectivity index (χ1v) is 9.29. The zero-order chi connectivity index (χ0) is 16.9. The van der Waals surface area contributed by atoms with Crippen LogP contribution in [0.2, 0.25) is 0 Å². The molecule has 1 aromatic carbocycles. The van der Waals surface area contributed by atoms with E-state index in [2.05, 4.69) is 48.3 Å². The van der Waals surface area contributed by atoms with Crippen LogP contribution in [-0.2, 0) is 22.6 Å². The fourth-order valence-electron chi connectivity index (χ4n) is 4.03. The minimum Gasteiger partial charge on any atom is -0.368 e. The summed E-state index contributed by atoms with van der Waals surface area (Å²) >= 11 is 0. The van der Waals surface area contributed by atoms with Crippen LogP contribution in [0.5, 0.6) is 0 Å². The molecule has 1 aromatic rings. The molecule has 2 aliphatic rings. The Balaban J connectivity index is 1.47. The molecule has 0 radical (unpaired) electrons. The number of nitrogens with one attached hydrogen (secondary N) is 1. The Hall–Kier alpha value is -1.39. The second-order valence-corrected chi connectivity index (χ2v) is 7.68. The van der Waals surface area contributed by atoms with Gasteiger partial charge in [-0.15, -0.1) is 0 Å². The third-order valence-corrected chi connectivity index (χ3v) is 5.06. The molecule has 0 bridgehead atoms. The fraction of sp³-hybridized carbons (Fsp3) is 0.650. The van der Waals surface area contributed by atoms with Crippen LogP contribution in [0.1, 0.15) is 44.2 Å². The van der Waals surface area contributed by atoms with E-state index >= 15 is 0 Å². The molecule has 2 fully saturated rings. The predicted octanol–water partition coefficient (Wildman–Crippen LogP) is 2.96. The lowest BCUT2D eigenvalue weighted by atomic mass is 9.91. The largest absolute Gasteiger partial charge is 0.368 e. The average Bonchev–Trinajstić information content (AvgIpc) is 3.07. The molecule has 132 valence electrons. The standard InChI is InChI=1S/C20H30N2O2/c1-15-10-16(2)13-22(12-15)14-18-7-5-17(6-8-18)11-21-20(23)19-4-3-9-24-19/h5-8,15-16,19H,3-4,9-14H2,1-2H3,(H,21,23)/t15-,16-,19+/m1/s1. The quantitative estimate of drug-likeness (QED) is 0.902. The summed E-state index contributed by atoms with van der Waals surface area (Å²) in [5.74, 6) is 1.61. The van der Waals surface area contributed by atoms with E-state index in [9.17, 15) is 4.79 Å². The van der Waals surface area contributed by atoms with Crippen molar-refractivity contribution in [3.05, 3.63) is 35.4 Å². The first-order valence-electron chi connectivity index (χ1n) is 9.29. The number of carbonyl (C=O) groups is 1. The molecule has 0 spiro atoms. The van der Waals surface area contributed by atoms with Crippen molar-refractivity contribution in [1.29, 1.82) is 0 Å². The molecule has 1 N–H and O–H groups in total. The van der Waals surface area contributed by atoms with E-state index in [1.54, 1.807) is 0 Å². The summed E-state index contributed by atoms with van der Waals surface area (Å²) in [6.45, 7) is 9.41. The van der Waals surface area contributed by atoms with Crippen LogP contribution in [0.3, 0.4) is 0 Å². The highest BCUT2D eigenvalue weighted by Gasteiger charge is 2.23. The van der Waals surface area contributed by atoms with Gasteiger partial charge in [-0.2, -0.15) is 0 Å². The molecule has 0 aromatic heterocycles. The van der Waals surface area contributed by atoms with Gasteiger partial charge in [0.05, 0.1) is 0 Å². The molecule has 4 heteroatoms. The van der Waals surface area contributed by atoms with Gasteiger partial charge in [0.1, 0.15) is 6.10 Å². The molecule has 3 rings (SSSR count). The maximum Gasteiger partial charge on any atom is 0.249 e. The van der Waals surface area contributed by atoms with Crippen LogP contribution in [0.4, 0.5) is 0 Å². The number of ether oxygens (including phenoxy) is 1. The van der Waals surface area contributed by atoms with Gasteiger partial charge in [0.25, 0.3) is 0 Å². The zero-order valence-electron chi connectivity index (χ0n) is 15.0. The van der Waals surface area contributed by atoms with Gasteiger partial charge in [-0.1, -0.05) is 38.1 Å². The molecule has 0 saturated carbocycles. The Morgan fingerprint density at radius 3 is 2.46 bits per heavy atom. The SMILES string of the molecule is C[C@@H]1C[C@@H](C)CN(Cc2ccc(CNC(=O)[C@@H]3CCCO3)cc2)C1. The highest BCUT2D eigenvalue weighted by Crippen LogP contribution is 2.22. The van der Waals surface area contributed by atoms with Crippen LogP contribution >= 0.6 is 0 Å². The van der Waals surface area contributed by atoms with Crippen LogP contribution < -0.4 is 5.32 Å². The van der Waals surface area contributed by atoms with Crippen molar-refractivity contribution < 1.29 is 9.53 Å². The Labute approximate surface area is 145 Å². The first kappa shape index (κ1) is 17.4. The van der Waals surface area contributed by atoms with E-state index in [4.69, 9.17) is 4.74 Å². The zero-order valence-corrected chi connectivity index (χ0v) is 15.0. The summed E-state index contributed by atoms with van der Waals surface area (Å²) in [6.07, 6.45) is 2.94. The number of amides is 1. The lowest BCUT2D eigenvalue weighted by Crippen LogP contribution is -2.38. The molecular formula is C20H30N2O2. The van der Waals surface area contributed by atoms with E-state index < -0.39 is 0 Å². The van der Waals surface area contributed by atoms with Gasteiger partial charge in [-0.05, 0) is 42.2 Å². The highest BCUT2D eigenvalue weighted by molar-refractivity contribution is 5.80. The summed E-state index contributed by atoms with van der Waals surface area (Å²) in [5, 5.41) is 2.98. The van der Waals surface area contributed by atoms with Crippen LogP contribution in [-0.4, -0.2) is 36.6 Å². The number of likely N-dealkylation sites (tertiary alicyclic amines) is 1. The molecule has 3 atom stereocenters. The number of rotatable bonds is 5. The van der Waals surface area contributed by atoms with Crippen LogP contribution in [0, 0.1) is 11.8 Å². The minimum absolute atomic E-state index is 0.0212. The predicted molar refractivity (Wildman–Crippen MR) is 95.5 cm³/mol. The normalized spacial score (nSPS) is 28.0. The summed E-state index contributed by atoms with van der Waals surface area (Å²) in [6, 6.07) is 8.64. The number of hydrogen-bond donors (Lipinski definition) is 1.